The molecule has 0 atom stereocenters. The summed E-state index contributed by atoms with van der Waals surface area (Å²) in [7, 11) is -3.77. The van der Waals surface area contributed by atoms with Crippen LogP contribution in [-0.4, -0.2) is 20.9 Å². The maximum Gasteiger partial charge on any atom is 0.262 e. The number of fused-ring (bicyclic) bond motifs is 1. The first-order chi connectivity index (χ1) is 10.8. The van der Waals surface area contributed by atoms with E-state index in [2.05, 4.69) is 26.0 Å². The van der Waals surface area contributed by atoms with Gasteiger partial charge in [-0.05, 0) is 36.8 Å². The molecule has 6 nitrogen and oxygen atoms in total. The van der Waals surface area contributed by atoms with E-state index in [9.17, 15) is 13.2 Å². The Labute approximate surface area is 142 Å². The number of hydrogen-bond donors (Lipinski definition) is 2. The Bertz CT molecular complexity index is 896. The highest BCUT2D eigenvalue weighted by molar-refractivity contribution is 9.10. The van der Waals surface area contributed by atoms with Crippen LogP contribution in [0.5, 0.6) is 5.75 Å². The number of rotatable bonds is 3. The van der Waals surface area contributed by atoms with Gasteiger partial charge in [-0.2, -0.15) is 0 Å². The Hall–Kier alpha value is -2.06. The lowest BCUT2D eigenvalue weighted by Gasteiger charge is -2.20. The molecular weight excluding hydrogens is 384 g/mol. The Morgan fingerprint density at radius 1 is 1.26 bits per heavy atom. The highest BCUT2D eigenvalue weighted by Crippen LogP contribution is 2.33. The summed E-state index contributed by atoms with van der Waals surface area (Å²) in [5.74, 6) is 0.0737. The van der Waals surface area contributed by atoms with Gasteiger partial charge in [0.15, 0.2) is 6.61 Å². The minimum atomic E-state index is -3.77. The van der Waals surface area contributed by atoms with Crippen molar-refractivity contribution in [2.75, 3.05) is 16.6 Å². The second-order valence-corrected chi connectivity index (χ2v) is 7.63. The van der Waals surface area contributed by atoms with Crippen molar-refractivity contribution in [3.05, 3.63) is 46.4 Å². The maximum absolute atomic E-state index is 12.6. The Balaban J connectivity index is 1.98. The van der Waals surface area contributed by atoms with Crippen molar-refractivity contribution in [2.24, 2.45) is 0 Å². The summed E-state index contributed by atoms with van der Waals surface area (Å²) in [5, 5.41) is 2.65. The van der Waals surface area contributed by atoms with Gasteiger partial charge < -0.3 is 10.1 Å². The highest BCUT2D eigenvalue weighted by Gasteiger charge is 2.23. The maximum atomic E-state index is 12.6. The number of benzene rings is 2. The van der Waals surface area contributed by atoms with Gasteiger partial charge in [-0.1, -0.05) is 22.0 Å². The van der Waals surface area contributed by atoms with Crippen LogP contribution in [0.3, 0.4) is 0 Å². The molecule has 23 heavy (non-hydrogen) atoms. The Kier molecular flexibility index (Phi) is 4.03. The van der Waals surface area contributed by atoms with Crippen LogP contribution >= 0.6 is 15.9 Å². The summed E-state index contributed by atoms with van der Waals surface area (Å²) in [6.45, 7) is 1.53. The molecule has 2 aromatic rings. The first-order valence-corrected chi connectivity index (χ1v) is 8.98. The van der Waals surface area contributed by atoms with Gasteiger partial charge >= 0.3 is 0 Å². The third kappa shape index (κ3) is 3.32. The number of halogens is 1. The fourth-order valence-electron chi connectivity index (χ4n) is 2.27. The van der Waals surface area contributed by atoms with Gasteiger partial charge in [0.05, 0.1) is 10.6 Å². The van der Waals surface area contributed by atoms with Gasteiger partial charge in [-0.25, -0.2) is 8.42 Å². The van der Waals surface area contributed by atoms with Gasteiger partial charge in [0.1, 0.15) is 5.75 Å². The van der Waals surface area contributed by atoms with E-state index >= 15 is 0 Å². The largest absolute Gasteiger partial charge is 0.482 e. The molecule has 0 bridgehead atoms. The van der Waals surface area contributed by atoms with Gasteiger partial charge in [-0.15, -0.1) is 0 Å². The molecular formula is C15H13BrN2O4S. The summed E-state index contributed by atoms with van der Waals surface area (Å²) >= 11 is 3.30. The third-order valence-corrected chi connectivity index (χ3v) is 5.29. The van der Waals surface area contributed by atoms with E-state index < -0.39 is 10.0 Å². The van der Waals surface area contributed by atoms with Crippen molar-refractivity contribution < 1.29 is 17.9 Å². The van der Waals surface area contributed by atoms with Gasteiger partial charge in [0.2, 0.25) is 0 Å². The quantitative estimate of drug-likeness (QED) is 0.834. The van der Waals surface area contributed by atoms with Crippen molar-refractivity contribution in [1.82, 2.24) is 0 Å². The molecule has 1 aliphatic rings. The third-order valence-electron chi connectivity index (χ3n) is 3.28. The number of amides is 1. The molecule has 0 aliphatic carbocycles. The summed E-state index contributed by atoms with van der Waals surface area (Å²) in [6, 6.07) is 9.87. The number of sulfonamides is 1. The lowest BCUT2D eigenvalue weighted by atomic mass is 10.2. The topological polar surface area (TPSA) is 84.5 Å². The summed E-state index contributed by atoms with van der Waals surface area (Å²) in [6.07, 6.45) is 0. The van der Waals surface area contributed by atoms with Crippen LogP contribution < -0.4 is 14.8 Å². The first kappa shape index (κ1) is 15.8. The molecule has 1 amide bonds. The molecule has 1 heterocycles. The second-order valence-electron chi connectivity index (χ2n) is 5.07. The van der Waals surface area contributed by atoms with Crippen LogP contribution in [-0.2, 0) is 14.8 Å². The minimum absolute atomic E-state index is 0.104. The number of hydrogen-bond acceptors (Lipinski definition) is 4. The van der Waals surface area contributed by atoms with Crippen LogP contribution in [0.1, 0.15) is 5.56 Å². The van der Waals surface area contributed by atoms with Crippen LogP contribution in [0.25, 0.3) is 0 Å². The van der Waals surface area contributed by atoms with Crippen LogP contribution in [0.4, 0.5) is 11.4 Å². The molecule has 2 N–H and O–H groups in total. The van der Waals surface area contributed by atoms with Crippen molar-refractivity contribution in [1.29, 1.82) is 0 Å². The lowest BCUT2D eigenvalue weighted by Crippen LogP contribution is -2.26. The minimum Gasteiger partial charge on any atom is -0.482 e. The standard InChI is InChI=1S/C15H13BrN2O4S/c1-9-5-12-13(22-8-15(19)17-12)7-14(9)23(20,21)18-11-4-2-3-10(16)6-11/h2-7,18H,8H2,1H3,(H,17,19). The average molecular weight is 397 g/mol. The molecule has 8 heteroatoms. The fraction of sp³-hybridized carbons (Fsp3) is 0.133. The van der Waals surface area contributed by atoms with E-state index in [1.165, 1.54) is 6.07 Å². The molecule has 1 aliphatic heterocycles. The number of ether oxygens (including phenoxy) is 1. The molecule has 2 aromatic carbocycles. The summed E-state index contributed by atoms with van der Waals surface area (Å²) in [5.41, 5.74) is 1.43. The fourth-order valence-corrected chi connectivity index (χ4v) is 3.96. The Morgan fingerprint density at radius 3 is 2.78 bits per heavy atom. The smallest absolute Gasteiger partial charge is 0.262 e. The van der Waals surface area contributed by atoms with Gasteiger partial charge in [0.25, 0.3) is 15.9 Å². The van der Waals surface area contributed by atoms with E-state index in [-0.39, 0.29) is 17.4 Å². The number of carbonyl (C=O) groups is 1. The number of aryl methyl sites for hydroxylation is 1. The van der Waals surface area contributed by atoms with Crippen molar-refractivity contribution >= 4 is 43.2 Å². The van der Waals surface area contributed by atoms with Crippen LogP contribution in [0.15, 0.2) is 45.8 Å². The van der Waals surface area contributed by atoms with Crippen LogP contribution in [0.2, 0.25) is 0 Å². The predicted octanol–water partition coefficient (Wildman–Crippen LogP) is 2.89. The van der Waals surface area contributed by atoms with Crippen LogP contribution in [0, 0.1) is 6.92 Å². The monoisotopic (exact) mass is 396 g/mol. The molecule has 120 valence electrons. The molecule has 3 rings (SSSR count). The zero-order chi connectivity index (χ0) is 16.6. The van der Waals surface area contributed by atoms with Crippen molar-refractivity contribution in [3.63, 3.8) is 0 Å². The van der Waals surface area contributed by atoms with Gasteiger partial charge in [0, 0.05) is 16.2 Å². The molecule has 0 spiro atoms. The number of anilines is 2. The molecule has 0 saturated heterocycles. The molecule has 0 saturated carbocycles. The molecule has 0 aromatic heterocycles. The lowest BCUT2D eigenvalue weighted by molar-refractivity contribution is -0.118. The summed E-state index contributed by atoms with van der Waals surface area (Å²) in [4.78, 5) is 11.4. The van der Waals surface area contributed by atoms with Crippen molar-refractivity contribution in [2.45, 2.75) is 11.8 Å². The van der Waals surface area contributed by atoms with E-state index in [1.54, 1.807) is 37.3 Å². The van der Waals surface area contributed by atoms with E-state index in [1.807, 2.05) is 0 Å². The number of nitrogens with one attached hydrogen (secondary N) is 2. The van der Waals surface area contributed by atoms with Crippen molar-refractivity contribution in [3.8, 4) is 5.75 Å². The molecule has 0 fully saturated rings. The van der Waals surface area contributed by atoms with E-state index in [0.717, 1.165) is 4.47 Å². The first-order valence-electron chi connectivity index (χ1n) is 6.71. The predicted molar refractivity (Wildman–Crippen MR) is 90.3 cm³/mol. The SMILES string of the molecule is Cc1cc2c(cc1S(=O)(=O)Nc1cccc(Br)c1)OCC(=O)N2. The number of carbonyl (C=O) groups excluding carboxylic acids is 1. The van der Waals surface area contributed by atoms with E-state index in [4.69, 9.17) is 4.74 Å². The Morgan fingerprint density at radius 2 is 2.04 bits per heavy atom. The van der Waals surface area contributed by atoms with E-state index in [0.29, 0.717) is 22.7 Å². The second kappa shape index (κ2) is 5.86. The zero-order valence-corrected chi connectivity index (χ0v) is 14.5. The average Bonchev–Trinajstić information content (AvgIpc) is 2.45. The molecule has 0 unspecified atom stereocenters. The molecule has 0 radical (unpaired) electrons. The summed E-state index contributed by atoms with van der Waals surface area (Å²) < 4.78 is 33.8. The zero-order valence-electron chi connectivity index (χ0n) is 12.1. The highest BCUT2D eigenvalue weighted by atomic mass is 79.9. The van der Waals surface area contributed by atoms with Gasteiger partial charge in [-0.3, -0.25) is 9.52 Å². The normalized spacial score (nSPS) is 13.7.